The van der Waals surface area contributed by atoms with Gasteiger partial charge in [-0.25, -0.2) is 4.63 Å². The maximum atomic E-state index is 11.8. The van der Waals surface area contributed by atoms with Crippen LogP contribution in [-0.2, 0) is 5.41 Å². The van der Waals surface area contributed by atoms with Gasteiger partial charge < -0.3 is 5.73 Å². The molecule has 0 amide bonds. The van der Waals surface area contributed by atoms with Crippen molar-refractivity contribution in [3.05, 3.63) is 11.4 Å². The first-order valence-corrected chi connectivity index (χ1v) is 5.58. The molecule has 2 aromatic heterocycles. The van der Waals surface area contributed by atoms with Crippen molar-refractivity contribution in [1.82, 2.24) is 25.3 Å². The first-order valence-electron chi connectivity index (χ1n) is 5.58. The second-order valence-electron chi connectivity index (χ2n) is 4.98. The quantitative estimate of drug-likeness (QED) is 0.781. The van der Waals surface area contributed by atoms with Crippen LogP contribution < -0.4 is 5.73 Å². The lowest BCUT2D eigenvalue weighted by atomic mass is 9.77. The van der Waals surface area contributed by atoms with Crippen LogP contribution in [-0.4, -0.2) is 31.1 Å². The molecule has 0 bridgehead atoms. The number of aromatic nitrogens is 5. The summed E-state index contributed by atoms with van der Waals surface area (Å²) < 4.78 is 6.00. The van der Waals surface area contributed by atoms with E-state index in [1.165, 1.54) is 4.68 Å². The third-order valence-electron chi connectivity index (χ3n) is 3.25. The smallest absolute Gasteiger partial charge is 0.243 e. The molecule has 2 N–H and O–H groups in total. The number of carbonyl (C=O) groups is 1. The van der Waals surface area contributed by atoms with Gasteiger partial charge in [-0.3, -0.25) is 4.79 Å². The number of hydrogen-bond donors (Lipinski definition) is 1. The van der Waals surface area contributed by atoms with Gasteiger partial charge in [0, 0.05) is 11.8 Å². The first kappa shape index (κ1) is 10.9. The van der Waals surface area contributed by atoms with Crippen molar-refractivity contribution in [2.45, 2.75) is 32.1 Å². The average molecular weight is 248 g/mol. The summed E-state index contributed by atoms with van der Waals surface area (Å²) in [5.74, 6) is 0.383. The summed E-state index contributed by atoms with van der Waals surface area (Å²) in [5, 5.41) is 15.1. The van der Waals surface area contributed by atoms with Crippen molar-refractivity contribution in [3.63, 3.8) is 0 Å². The molecule has 2 aromatic rings. The Morgan fingerprint density at radius 1 is 1.39 bits per heavy atom. The van der Waals surface area contributed by atoms with Crippen molar-refractivity contribution in [3.8, 4) is 5.82 Å². The largest absolute Gasteiger partial charge is 0.378 e. The highest BCUT2D eigenvalue weighted by molar-refractivity contribution is 5.96. The molecule has 0 saturated heterocycles. The van der Waals surface area contributed by atoms with Crippen LogP contribution in [0.1, 0.15) is 42.9 Å². The normalized spacial score (nSPS) is 17.8. The van der Waals surface area contributed by atoms with Gasteiger partial charge in [-0.1, -0.05) is 19.1 Å². The number of rotatable bonds is 1. The van der Waals surface area contributed by atoms with Crippen LogP contribution in [0, 0.1) is 0 Å². The molecule has 1 aliphatic carbocycles. The van der Waals surface area contributed by atoms with Gasteiger partial charge in [-0.2, -0.15) is 4.68 Å². The average Bonchev–Trinajstić information content (AvgIpc) is 2.90. The Labute approximate surface area is 102 Å². The predicted molar refractivity (Wildman–Crippen MR) is 60.2 cm³/mol. The summed E-state index contributed by atoms with van der Waals surface area (Å²) in [4.78, 5) is 11.8. The zero-order chi connectivity index (χ0) is 12.9. The van der Waals surface area contributed by atoms with Crippen molar-refractivity contribution >= 4 is 11.6 Å². The number of nitrogens with two attached hydrogens (primary N) is 1. The Balaban J connectivity index is 2.26. The van der Waals surface area contributed by atoms with E-state index >= 15 is 0 Å². The van der Waals surface area contributed by atoms with Gasteiger partial charge in [-0.05, 0) is 16.7 Å². The monoisotopic (exact) mass is 248 g/mol. The fourth-order valence-electron chi connectivity index (χ4n) is 2.23. The van der Waals surface area contributed by atoms with E-state index in [4.69, 9.17) is 5.73 Å². The van der Waals surface area contributed by atoms with Gasteiger partial charge in [0.1, 0.15) is 0 Å². The third kappa shape index (κ3) is 1.35. The van der Waals surface area contributed by atoms with E-state index in [1.807, 2.05) is 13.8 Å². The summed E-state index contributed by atoms with van der Waals surface area (Å²) in [6.45, 7) is 4.06. The number of hydrogen-bond acceptors (Lipinski definition) is 7. The van der Waals surface area contributed by atoms with Crippen molar-refractivity contribution in [1.29, 1.82) is 0 Å². The lowest BCUT2D eigenvalue weighted by Gasteiger charge is -2.28. The molecule has 0 saturated carbocycles. The highest BCUT2D eigenvalue weighted by Crippen LogP contribution is 2.36. The Morgan fingerprint density at radius 2 is 2.17 bits per heavy atom. The van der Waals surface area contributed by atoms with E-state index in [1.54, 1.807) is 0 Å². The fourth-order valence-corrected chi connectivity index (χ4v) is 2.23. The molecular weight excluding hydrogens is 236 g/mol. The third-order valence-corrected chi connectivity index (χ3v) is 3.25. The standard InChI is InChI=1S/C10H12N6O2/c1-10(2)4-3-5(17)6-7(10)16(15-12-6)9-8(11)13-18-14-9/h3-4H2,1-2H3,(H2,11,13). The highest BCUT2D eigenvalue weighted by Gasteiger charge is 2.38. The number of anilines is 1. The summed E-state index contributed by atoms with van der Waals surface area (Å²) in [6, 6.07) is 0. The topological polar surface area (TPSA) is 113 Å². The Morgan fingerprint density at radius 3 is 2.83 bits per heavy atom. The van der Waals surface area contributed by atoms with E-state index in [-0.39, 0.29) is 22.8 Å². The van der Waals surface area contributed by atoms with E-state index in [0.29, 0.717) is 17.8 Å². The Hall–Kier alpha value is -2.25. The fraction of sp³-hybridized carbons (Fsp3) is 0.500. The Kier molecular flexibility index (Phi) is 2.04. The molecule has 0 radical (unpaired) electrons. The molecule has 1 aliphatic rings. The molecule has 18 heavy (non-hydrogen) atoms. The van der Waals surface area contributed by atoms with Crippen molar-refractivity contribution in [2.24, 2.45) is 0 Å². The van der Waals surface area contributed by atoms with E-state index in [2.05, 4.69) is 25.3 Å². The minimum Gasteiger partial charge on any atom is -0.378 e. The SMILES string of the molecule is CC1(C)CCC(=O)c2nnn(-c3nonc3N)c21. The second-order valence-corrected chi connectivity index (χ2v) is 4.98. The number of Topliss-reactive ketones (excluding diaryl/α,β-unsaturated/α-hetero) is 1. The molecule has 0 aliphatic heterocycles. The van der Waals surface area contributed by atoms with Crippen LogP contribution in [0.25, 0.3) is 5.82 Å². The predicted octanol–water partition coefficient (Wildman–Crippen LogP) is 0.487. The van der Waals surface area contributed by atoms with Crippen molar-refractivity contribution < 1.29 is 9.42 Å². The molecule has 0 atom stereocenters. The summed E-state index contributed by atoms with van der Waals surface area (Å²) in [7, 11) is 0. The lowest BCUT2D eigenvalue weighted by molar-refractivity contribution is 0.0950. The number of nitrogens with zero attached hydrogens (tertiary/aromatic N) is 5. The van der Waals surface area contributed by atoms with Gasteiger partial charge in [0.25, 0.3) is 0 Å². The maximum absolute atomic E-state index is 11.8. The van der Waals surface area contributed by atoms with Gasteiger partial charge in [0.15, 0.2) is 11.5 Å². The maximum Gasteiger partial charge on any atom is 0.243 e. The van der Waals surface area contributed by atoms with Crippen molar-refractivity contribution in [2.75, 3.05) is 5.73 Å². The number of fused-ring (bicyclic) bond motifs is 1. The van der Waals surface area contributed by atoms with Crippen LogP contribution in [0.15, 0.2) is 4.63 Å². The summed E-state index contributed by atoms with van der Waals surface area (Å²) in [6.07, 6.45) is 1.21. The number of ketones is 1. The molecule has 94 valence electrons. The van der Waals surface area contributed by atoms with E-state index in [0.717, 1.165) is 6.42 Å². The number of carbonyl (C=O) groups excluding carboxylic acids is 1. The minimum absolute atomic E-state index is 0.00870. The van der Waals surface area contributed by atoms with Crippen LogP contribution >= 0.6 is 0 Å². The van der Waals surface area contributed by atoms with Crippen LogP contribution in [0.4, 0.5) is 5.82 Å². The van der Waals surface area contributed by atoms with Gasteiger partial charge in [0.2, 0.25) is 11.6 Å². The van der Waals surface area contributed by atoms with Gasteiger partial charge >= 0.3 is 0 Å². The first-order chi connectivity index (χ1) is 8.50. The highest BCUT2D eigenvalue weighted by atomic mass is 16.6. The van der Waals surface area contributed by atoms with E-state index < -0.39 is 0 Å². The summed E-state index contributed by atoms with van der Waals surface area (Å²) >= 11 is 0. The van der Waals surface area contributed by atoms with Crippen LogP contribution in [0.3, 0.4) is 0 Å². The molecule has 8 nitrogen and oxygen atoms in total. The molecule has 0 spiro atoms. The molecule has 0 fully saturated rings. The van der Waals surface area contributed by atoms with Crippen LogP contribution in [0.5, 0.6) is 0 Å². The second kappa shape index (κ2) is 3.37. The van der Waals surface area contributed by atoms with E-state index in [9.17, 15) is 4.79 Å². The van der Waals surface area contributed by atoms with Crippen LogP contribution in [0.2, 0.25) is 0 Å². The zero-order valence-corrected chi connectivity index (χ0v) is 10.0. The summed E-state index contributed by atoms with van der Waals surface area (Å²) in [5.41, 5.74) is 6.52. The molecule has 0 aromatic carbocycles. The molecule has 8 heteroatoms. The molecule has 0 unspecified atom stereocenters. The molecule has 2 heterocycles. The van der Waals surface area contributed by atoms with Gasteiger partial charge in [-0.15, -0.1) is 5.10 Å². The lowest BCUT2D eigenvalue weighted by Crippen LogP contribution is -2.30. The minimum atomic E-state index is -0.224. The molecular formula is C10H12N6O2. The van der Waals surface area contributed by atoms with Gasteiger partial charge in [0.05, 0.1) is 5.69 Å². The Bertz CT molecular complexity index is 626. The number of nitrogen functional groups attached to an aromatic ring is 1. The zero-order valence-electron chi connectivity index (χ0n) is 10.0. The molecule has 3 rings (SSSR count).